The maximum Gasteiger partial charge on any atom is 2.00 e. The van der Waals surface area contributed by atoms with Crippen LogP contribution in [0.5, 0.6) is 0 Å². The van der Waals surface area contributed by atoms with Crippen LogP contribution in [0.1, 0.15) is 0 Å². The van der Waals surface area contributed by atoms with Gasteiger partial charge in [-0.1, -0.05) is 0 Å². The first kappa shape index (κ1) is 1610. The Labute approximate surface area is 2560 Å². The average Bonchev–Trinajstić information content (AvgIpc) is 0. The first-order chi connectivity index (χ1) is 0. The van der Waals surface area contributed by atoms with Crippen LogP contribution in [0.3, 0.4) is 0 Å². The molecule has 0 unspecified atom stereocenters. The summed E-state index contributed by atoms with van der Waals surface area (Å²) in [4.78, 5) is 0. The Balaban J connectivity index is 0. The molecule has 72 nitrogen and oxygen atoms in total. The SMILES string of the molecule is [Ca+2].[Ca+2].[Ca+2].[Ca+2].[Ca+2].[Ca+2].[Ca+2].[Ca+2].[Ca+2].[Ca+2].[Ca+2].[Ca+2].[Ca+2].[Ca+2].[Ca+2].[Ca+2].[Ca+2].[Ca+2].[Ca+2].[Ca+2].[Ca+2].[Ca+2].[Ca+2].[Ca+2].[Ca+2].[Ca+2].[Ca+2].[Ca+2].[Ca+2].[Ca+2].[Ca+2].[Ca+2].[Ca+2].[Ca+2].[Ca+2].[Ca+2].[Ca+2].[Ca+2].[Ca+2].[Ca+2].[Ca+2].[Ca+2].[Ca+2].[Ca+2].[Ca+2].[Ca+2].[Ca+2].[Ca+2].[Ca+2].[Ca+2].[Ca+2].[Ca+2].[Ca+2].[Ca+2].[Ca+2].[Ca+2].[Ca+2].[Ca+2].[Ca+2].[Ca+2].[O-2].[O-2].[O-2].[O-2].[O-2].[O-2].[O-2].[O-2].[O-2].[O-2].[O-2].[O-2].[O-2].[O-2].[O-2].[O-2].[O-2].[O-2].[O-2].[O-2].[O-2].[O-2].[O-2].[O-2].[O-2].[O-2].[O-2].[O-2].[O-2].[O-2].[O-2].[O-2].[O-2].[O-2].[O-2].[O-2].[O-2].[O-2].[O-2].[O-2].[O-2].[O-2].[O-2].[O-2].[O-2].[O-2].[O-2].[O-2].[O-2].[O-2].[O-2].[O-2].[O-2].[O-2].[O-2].[O-2].[O-2].[O-2].[O-2].[O-2].[O-2].[O-2].[O-2].[O-2].[O-2].[O-2].[O-2].[O-2].[O-2].[O-2].[O-2].[O-2]. The van der Waals surface area contributed by atoms with Crippen LogP contribution in [0.15, 0.2) is 0 Å². The summed E-state index contributed by atoms with van der Waals surface area (Å²) in [6.07, 6.45) is 0. The maximum atomic E-state index is 0. The van der Waals surface area contributed by atoms with Crippen molar-refractivity contribution in [1.82, 2.24) is 0 Å². The monoisotopic (exact) mass is 3550 g/mol. The molecule has 0 aliphatic heterocycles. The molecule has 0 fully saturated rings. The van der Waals surface area contributed by atoms with Crippen molar-refractivity contribution in [2.45, 2.75) is 0 Å². The quantitative estimate of drug-likeness (QED) is 0.204. The van der Waals surface area contributed by atoms with Gasteiger partial charge in [-0.3, -0.25) is 0 Å². The summed E-state index contributed by atoms with van der Waals surface area (Å²) in [5.41, 5.74) is 0. The Hall–Kier alpha value is 72.7. The first-order valence-electron chi connectivity index (χ1n) is 0. The number of hydrogen-bond acceptors (Lipinski definition) is 0. The van der Waals surface area contributed by atoms with Gasteiger partial charge in [0, 0.05) is 0 Å². The molecule has 0 saturated carbocycles. The minimum atomic E-state index is 0. The molecule has 0 amide bonds. The van der Waals surface area contributed by atoms with E-state index in [0.29, 0.717) is 0 Å². The molecule has 0 N–H and O–H groups in total. The van der Waals surface area contributed by atoms with E-state index < -0.39 is 0 Å². The van der Waals surface area contributed by atoms with Gasteiger partial charge in [0.25, 0.3) is 0 Å². The van der Waals surface area contributed by atoms with Crippen molar-refractivity contribution in [1.29, 1.82) is 0 Å². The molecular formula is Ca60O72-24. The van der Waals surface area contributed by atoms with Crippen molar-refractivity contribution in [2.24, 2.45) is 0 Å². The molecule has 0 saturated heterocycles. The number of rotatable bonds is 0. The molecule has 0 aliphatic carbocycles. The topological polar surface area (TPSA) is 2050 Å². The molecular weight excluding hydrogens is 3560 g/mol. The predicted molar refractivity (Wildman–Crippen MR) is 395 cm³/mol. The second-order valence-electron chi connectivity index (χ2n) is 0. The summed E-state index contributed by atoms with van der Waals surface area (Å²) in [5.74, 6) is 0. The van der Waals surface area contributed by atoms with Crippen LogP contribution in [0.25, 0.3) is 0 Å². The van der Waals surface area contributed by atoms with Crippen LogP contribution in [0.4, 0.5) is 0 Å². The van der Waals surface area contributed by atoms with Gasteiger partial charge < -0.3 is 394 Å². The Morgan fingerprint density at radius 2 is 0.0152 bits per heavy atom. The van der Waals surface area contributed by atoms with Gasteiger partial charge in [-0.15, -0.1) is 0 Å². The third-order valence-electron chi connectivity index (χ3n) is 0. The third-order valence-corrected chi connectivity index (χ3v) is 0. The fourth-order valence-corrected chi connectivity index (χ4v) is 0. The van der Waals surface area contributed by atoms with E-state index in [-0.39, 0.29) is 2660 Å². The van der Waals surface area contributed by atoms with Crippen LogP contribution >= 0.6 is 0 Å². The van der Waals surface area contributed by atoms with Crippen LogP contribution in [-0.2, 0) is 394 Å². The summed E-state index contributed by atoms with van der Waals surface area (Å²) in [6, 6.07) is 0. The smallest absolute Gasteiger partial charge is 2.00 e. The van der Waals surface area contributed by atoms with Crippen LogP contribution in [-0.4, -0.2) is 2260 Å². The molecule has 0 atom stereocenters. The van der Waals surface area contributed by atoms with Gasteiger partial charge >= 0.3 is 2260 Å². The zero-order chi connectivity index (χ0) is 0. The molecule has 0 rings (SSSR count). The van der Waals surface area contributed by atoms with E-state index in [9.17, 15) is 0 Å². The van der Waals surface area contributed by atoms with E-state index >= 15 is 0 Å². The Bertz CT molecular complexity index is 131. The molecule has 0 heterocycles. The fraction of sp³-hybridized carbons (Fsp3) is 0. The molecule has 0 aromatic heterocycles. The Kier molecular flexibility index (Phi) is 19300. The third kappa shape index (κ3) is 1560. The van der Waals surface area contributed by atoms with Gasteiger partial charge in [-0.05, 0) is 0 Å². The summed E-state index contributed by atoms with van der Waals surface area (Å²) >= 11 is 0. The van der Waals surface area contributed by atoms with E-state index in [4.69, 9.17) is 0 Å². The van der Waals surface area contributed by atoms with Gasteiger partial charge in [0.15, 0.2) is 0 Å². The van der Waals surface area contributed by atoms with E-state index in [0.717, 1.165) is 0 Å². The second-order valence-corrected chi connectivity index (χ2v) is 0. The van der Waals surface area contributed by atoms with Crippen molar-refractivity contribution in [3.05, 3.63) is 0 Å². The Morgan fingerprint density at radius 1 is 0.0152 bits per heavy atom. The molecule has 0 radical (unpaired) electrons. The normalized spacial score (nSPS) is 0. The van der Waals surface area contributed by atoms with Crippen molar-refractivity contribution in [2.75, 3.05) is 0 Å². The molecule has 0 spiro atoms. The van der Waals surface area contributed by atoms with Gasteiger partial charge in [0.1, 0.15) is 0 Å². The van der Waals surface area contributed by atoms with Gasteiger partial charge in [-0.25, -0.2) is 0 Å². The van der Waals surface area contributed by atoms with E-state index in [1.54, 1.807) is 0 Å². The fourth-order valence-electron chi connectivity index (χ4n) is 0. The minimum Gasteiger partial charge on any atom is -2.00 e. The van der Waals surface area contributed by atoms with Crippen LogP contribution in [0.2, 0.25) is 0 Å². The molecule has 132 heteroatoms. The molecule has 576 valence electrons. The first-order valence-corrected chi connectivity index (χ1v) is 0. The van der Waals surface area contributed by atoms with Gasteiger partial charge in [0.05, 0.1) is 0 Å². The molecule has 0 bridgehead atoms. The molecule has 0 aliphatic rings. The van der Waals surface area contributed by atoms with Crippen molar-refractivity contribution in [3.8, 4) is 0 Å². The molecule has 0 aromatic carbocycles. The maximum absolute atomic E-state index is 0. The summed E-state index contributed by atoms with van der Waals surface area (Å²) in [5, 5.41) is 0. The largest absolute Gasteiger partial charge is 2.00 e. The zero-order valence-electron chi connectivity index (χ0n) is 71.8. The van der Waals surface area contributed by atoms with E-state index in [1.807, 2.05) is 0 Å². The number of hydrogen-bond donors (Lipinski definition) is 0. The van der Waals surface area contributed by atoms with Gasteiger partial charge in [-0.2, -0.15) is 0 Å². The second kappa shape index (κ2) is 1580. The Morgan fingerprint density at radius 3 is 0.0152 bits per heavy atom. The molecule has 132 heavy (non-hydrogen) atoms. The van der Waals surface area contributed by atoms with Crippen molar-refractivity contribution < 1.29 is 394 Å². The summed E-state index contributed by atoms with van der Waals surface area (Å²) < 4.78 is 0. The van der Waals surface area contributed by atoms with Crippen LogP contribution < -0.4 is 0 Å². The molecule has 0 aromatic rings. The minimum absolute atomic E-state index is 0. The standard InChI is InChI=1S/60Ca.72O/q60*+2;72*-2. The zero-order valence-corrected chi connectivity index (χ0v) is 204. The van der Waals surface area contributed by atoms with Crippen molar-refractivity contribution in [3.63, 3.8) is 0 Å². The summed E-state index contributed by atoms with van der Waals surface area (Å²) in [7, 11) is 0. The van der Waals surface area contributed by atoms with E-state index in [2.05, 4.69) is 0 Å². The predicted octanol–water partition coefficient (Wildman–Crippen LogP) is -31.4. The van der Waals surface area contributed by atoms with Crippen LogP contribution in [0, 0.1) is 0 Å². The summed E-state index contributed by atoms with van der Waals surface area (Å²) in [6.45, 7) is 0. The van der Waals surface area contributed by atoms with Crippen molar-refractivity contribution >= 4 is 2260 Å². The average molecular weight is 3560 g/mol. The van der Waals surface area contributed by atoms with E-state index in [1.165, 1.54) is 0 Å². The van der Waals surface area contributed by atoms with Gasteiger partial charge in [0.2, 0.25) is 0 Å².